The highest BCUT2D eigenvalue weighted by atomic mass is 35.5. The smallest absolute Gasteiger partial charge is 0.266 e. The molecule has 0 saturated heterocycles. The van der Waals surface area contributed by atoms with Gasteiger partial charge in [-0.25, -0.2) is 4.39 Å². The molecule has 3 aromatic rings. The number of nitriles is 1. The second-order valence-corrected chi connectivity index (χ2v) is 7.66. The first kappa shape index (κ1) is 24.6. The second-order valence-electron chi connectivity index (χ2n) is 7.22. The Morgan fingerprint density at radius 1 is 1.21 bits per heavy atom. The Kier molecular flexibility index (Phi) is 8.44. The molecule has 0 spiro atoms. The van der Waals surface area contributed by atoms with Crippen LogP contribution in [0, 0.1) is 17.1 Å². The average Bonchev–Trinajstić information content (AvgIpc) is 2.84. The fraction of sp³-hybridized carbons (Fsp3) is 0.111. The summed E-state index contributed by atoms with van der Waals surface area (Å²) in [7, 11) is 1.51. The second kappa shape index (κ2) is 11.7. The molecule has 0 aliphatic heterocycles. The summed E-state index contributed by atoms with van der Waals surface area (Å²) in [6, 6.07) is 18.4. The maximum absolute atomic E-state index is 13.9. The van der Waals surface area contributed by atoms with Gasteiger partial charge in [0.05, 0.1) is 12.8 Å². The molecule has 0 atom stereocenters. The molecule has 172 valence electrons. The van der Waals surface area contributed by atoms with E-state index in [1.54, 1.807) is 36.4 Å². The average molecular weight is 477 g/mol. The van der Waals surface area contributed by atoms with E-state index in [1.807, 2.05) is 18.2 Å². The third kappa shape index (κ3) is 6.25. The van der Waals surface area contributed by atoms with Crippen molar-refractivity contribution in [2.45, 2.75) is 13.0 Å². The van der Waals surface area contributed by atoms with Gasteiger partial charge < -0.3 is 14.8 Å². The van der Waals surface area contributed by atoms with E-state index in [0.717, 1.165) is 11.1 Å². The highest BCUT2D eigenvalue weighted by Gasteiger charge is 2.16. The third-order valence-corrected chi connectivity index (χ3v) is 5.08. The number of allylic oxidation sites excluding steroid dienone is 1. The van der Waals surface area contributed by atoms with Crippen molar-refractivity contribution in [3.63, 3.8) is 0 Å². The van der Waals surface area contributed by atoms with Crippen LogP contribution < -0.4 is 14.8 Å². The van der Waals surface area contributed by atoms with Gasteiger partial charge >= 0.3 is 0 Å². The molecule has 0 aliphatic rings. The molecule has 0 fully saturated rings. The molecule has 0 unspecified atom stereocenters. The third-order valence-electron chi connectivity index (χ3n) is 4.83. The summed E-state index contributed by atoms with van der Waals surface area (Å²) in [5.74, 6) is -0.347. The molecule has 7 heteroatoms. The summed E-state index contributed by atoms with van der Waals surface area (Å²) in [5.41, 5.74) is 2.04. The molecule has 0 aliphatic carbocycles. The lowest BCUT2D eigenvalue weighted by atomic mass is 10.0. The number of carbonyl (C=O) groups is 1. The fourth-order valence-corrected chi connectivity index (χ4v) is 3.32. The maximum Gasteiger partial charge on any atom is 0.266 e. The van der Waals surface area contributed by atoms with Crippen LogP contribution in [0.25, 0.3) is 6.08 Å². The van der Waals surface area contributed by atoms with Gasteiger partial charge in [0, 0.05) is 10.6 Å². The summed E-state index contributed by atoms with van der Waals surface area (Å²) < 4.78 is 25.4. The number of ether oxygens (including phenoxy) is 2. The van der Waals surface area contributed by atoms with Crippen LogP contribution in [0.4, 0.5) is 10.1 Å². The van der Waals surface area contributed by atoms with E-state index in [1.165, 1.54) is 31.4 Å². The Labute approximate surface area is 202 Å². The lowest BCUT2D eigenvalue weighted by molar-refractivity contribution is -0.112. The minimum absolute atomic E-state index is 0.00970. The van der Waals surface area contributed by atoms with E-state index in [4.69, 9.17) is 21.1 Å². The molecule has 0 bridgehead atoms. The minimum Gasteiger partial charge on any atom is -0.493 e. The lowest BCUT2D eigenvalue weighted by Crippen LogP contribution is -2.14. The van der Waals surface area contributed by atoms with E-state index < -0.39 is 11.7 Å². The first-order valence-corrected chi connectivity index (χ1v) is 10.7. The van der Waals surface area contributed by atoms with Gasteiger partial charge in [-0.3, -0.25) is 4.79 Å². The lowest BCUT2D eigenvalue weighted by Gasteiger charge is -2.16. The van der Waals surface area contributed by atoms with Crippen molar-refractivity contribution in [2.24, 2.45) is 0 Å². The number of benzene rings is 3. The Balaban J connectivity index is 1.90. The number of nitrogens with one attached hydrogen (secondary N) is 1. The van der Waals surface area contributed by atoms with Gasteiger partial charge in [-0.05, 0) is 60.0 Å². The Hall–Kier alpha value is -4.08. The highest BCUT2D eigenvalue weighted by molar-refractivity contribution is 6.30. The van der Waals surface area contributed by atoms with Crippen LogP contribution in [-0.2, 0) is 17.8 Å². The molecule has 1 N–H and O–H groups in total. The van der Waals surface area contributed by atoms with E-state index in [2.05, 4.69) is 11.9 Å². The number of rotatable bonds is 9. The van der Waals surface area contributed by atoms with Gasteiger partial charge in [0.15, 0.2) is 11.5 Å². The van der Waals surface area contributed by atoms with Crippen LogP contribution in [0.1, 0.15) is 16.7 Å². The zero-order chi connectivity index (χ0) is 24.5. The minimum atomic E-state index is -0.722. The molecule has 0 aromatic heterocycles. The van der Waals surface area contributed by atoms with Crippen LogP contribution >= 0.6 is 11.6 Å². The van der Waals surface area contributed by atoms with Gasteiger partial charge in [0.25, 0.3) is 5.91 Å². The van der Waals surface area contributed by atoms with Crippen molar-refractivity contribution in [2.75, 3.05) is 12.4 Å². The molecule has 34 heavy (non-hydrogen) atoms. The Morgan fingerprint density at radius 3 is 2.59 bits per heavy atom. The van der Waals surface area contributed by atoms with Crippen LogP contribution in [-0.4, -0.2) is 13.0 Å². The topological polar surface area (TPSA) is 71.4 Å². The number of hydrogen-bond donors (Lipinski definition) is 1. The standard InChI is InChI=1S/C27H22ClFN2O3/c1-3-6-20-13-19(14-21(16-30)27(32)31-24-8-5-4-7-23(24)29)15-25(33-2)26(20)34-17-18-9-11-22(28)12-10-18/h3-5,7-15H,1,6,17H2,2H3,(H,31,32)/b21-14-. The van der Waals surface area contributed by atoms with E-state index in [-0.39, 0.29) is 11.3 Å². The summed E-state index contributed by atoms with van der Waals surface area (Å²) >= 11 is 5.94. The maximum atomic E-state index is 13.9. The molecule has 0 saturated carbocycles. The fourth-order valence-electron chi connectivity index (χ4n) is 3.19. The number of halogens is 2. The number of carbonyl (C=O) groups excluding carboxylic acids is 1. The van der Waals surface area contributed by atoms with Crippen LogP contribution in [0.2, 0.25) is 5.02 Å². The number of para-hydroxylation sites is 1. The zero-order valence-corrected chi connectivity index (χ0v) is 19.2. The number of nitrogens with zero attached hydrogens (tertiary/aromatic N) is 1. The quantitative estimate of drug-likeness (QED) is 0.222. The van der Waals surface area contributed by atoms with E-state index in [9.17, 15) is 14.4 Å². The van der Waals surface area contributed by atoms with Crippen molar-refractivity contribution in [1.82, 2.24) is 0 Å². The number of hydrogen-bond acceptors (Lipinski definition) is 4. The monoisotopic (exact) mass is 476 g/mol. The highest BCUT2D eigenvalue weighted by Crippen LogP contribution is 2.35. The summed E-state index contributed by atoms with van der Waals surface area (Å²) in [5, 5.41) is 12.6. The predicted octanol–water partition coefficient (Wildman–Crippen LogP) is 6.34. The zero-order valence-electron chi connectivity index (χ0n) is 18.5. The van der Waals surface area contributed by atoms with Crippen LogP contribution in [0.3, 0.4) is 0 Å². The molecule has 1 amide bonds. The van der Waals surface area contributed by atoms with Crippen LogP contribution in [0.5, 0.6) is 11.5 Å². The van der Waals surface area contributed by atoms with Gasteiger partial charge in [0.2, 0.25) is 0 Å². The van der Waals surface area contributed by atoms with Crippen molar-refractivity contribution >= 4 is 29.3 Å². The first-order valence-electron chi connectivity index (χ1n) is 10.3. The van der Waals surface area contributed by atoms with E-state index in [0.29, 0.717) is 35.1 Å². The molecule has 0 heterocycles. The summed E-state index contributed by atoms with van der Waals surface area (Å²) in [4.78, 5) is 12.6. The van der Waals surface area contributed by atoms with Crippen LogP contribution in [0.15, 0.2) is 78.9 Å². The van der Waals surface area contributed by atoms with Gasteiger partial charge in [-0.1, -0.05) is 41.9 Å². The van der Waals surface area contributed by atoms with Gasteiger partial charge in [-0.2, -0.15) is 5.26 Å². The molecule has 3 rings (SSSR count). The molecule has 5 nitrogen and oxygen atoms in total. The normalized spacial score (nSPS) is 10.8. The summed E-state index contributed by atoms with van der Waals surface area (Å²) in [6.07, 6.45) is 3.60. The molecular formula is C27H22ClFN2O3. The first-order chi connectivity index (χ1) is 16.4. The number of methoxy groups -OCH3 is 1. The van der Waals surface area contributed by atoms with Crippen molar-refractivity contribution < 1.29 is 18.7 Å². The van der Waals surface area contributed by atoms with Crippen molar-refractivity contribution in [3.05, 3.63) is 106 Å². The Bertz CT molecular complexity index is 1260. The SMILES string of the molecule is C=CCc1cc(/C=C(/C#N)C(=O)Nc2ccccc2F)cc(OC)c1OCc1ccc(Cl)cc1. The summed E-state index contributed by atoms with van der Waals surface area (Å²) in [6.45, 7) is 4.09. The van der Waals surface area contributed by atoms with Gasteiger partial charge in [-0.15, -0.1) is 6.58 Å². The molecular weight excluding hydrogens is 455 g/mol. The Morgan fingerprint density at radius 2 is 1.94 bits per heavy atom. The predicted molar refractivity (Wildman–Crippen MR) is 131 cm³/mol. The number of amides is 1. The van der Waals surface area contributed by atoms with E-state index >= 15 is 0 Å². The van der Waals surface area contributed by atoms with Crippen molar-refractivity contribution in [1.29, 1.82) is 5.26 Å². The molecule has 3 aromatic carbocycles. The van der Waals surface area contributed by atoms with Gasteiger partial charge in [0.1, 0.15) is 24.1 Å². The number of anilines is 1. The van der Waals surface area contributed by atoms with Crippen molar-refractivity contribution in [3.8, 4) is 17.6 Å². The largest absolute Gasteiger partial charge is 0.493 e. The molecule has 0 radical (unpaired) electrons.